The van der Waals surface area contributed by atoms with Gasteiger partial charge in [0.25, 0.3) is 0 Å². The highest BCUT2D eigenvalue weighted by atomic mass is 79.9. The number of aromatic nitrogens is 2. The molecule has 0 unspecified atom stereocenters. The monoisotopic (exact) mass is 341 g/mol. The van der Waals surface area contributed by atoms with Gasteiger partial charge in [0.2, 0.25) is 0 Å². The van der Waals surface area contributed by atoms with Crippen molar-refractivity contribution in [3.05, 3.63) is 53.1 Å². The largest absolute Gasteiger partial charge is 0.369 e. The van der Waals surface area contributed by atoms with Crippen LogP contribution in [0.1, 0.15) is 13.3 Å². The number of halogens is 1. The Morgan fingerprint density at radius 3 is 2.71 bits per heavy atom. The van der Waals surface area contributed by atoms with Crippen molar-refractivity contribution < 1.29 is 0 Å². The lowest BCUT2D eigenvalue weighted by molar-refractivity contribution is 0.963. The number of nitrogens with one attached hydrogen (secondary N) is 1. The van der Waals surface area contributed by atoms with Gasteiger partial charge in [-0.15, -0.1) is 0 Å². The Morgan fingerprint density at radius 2 is 1.90 bits per heavy atom. The molecule has 3 rings (SSSR count). The van der Waals surface area contributed by atoms with E-state index >= 15 is 0 Å². The number of hydrogen-bond donors (Lipinski definition) is 1. The fourth-order valence-corrected chi connectivity index (χ4v) is 2.53. The van der Waals surface area contributed by atoms with E-state index < -0.39 is 0 Å². The first-order chi connectivity index (χ1) is 10.3. The van der Waals surface area contributed by atoms with E-state index in [1.165, 1.54) is 10.8 Å². The summed E-state index contributed by atoms with van der Waals surface area (Å²) in [6.45, 7) is 3.03. The molecule has 2 aromatic carbocycles. The molecule has 4 heteroatoms. The van der Waals surface area contributed by atoms with Gasteiger partial charge in [-0.05, 0) is 39.2 Å². The van der Waals surface area contributed by atoms with Crippen LogP contribution in [0.4, 0.5) is 5.82 Å². The molecule has 0 amide bonds. The van der Waals surface area contributed by atoms with Gasteiger partial charge in [0, 0.05) is 18.3 Å². The van der Waals surface area contributed by atoms with Crippen LogP contribution in [-0.4, -0.2) is 16.5 Å². The minimum absolute atomic E-state index is 0.738. The molecule has 1 N–H and O–H groups in total. The van der Waals surface area contributed by atoms with Gasteiger partial charge in [0.15, 0.2) is 5.82 Å². The molecule has 0 fully saturated rings. The van der Waals surface area contributed by atoms with Crippen molar-refractivity contribution >= 4 is 32.5 Å². The number of anilines is 1. The third-order valence-corrected chi connectivity index (χ3v) is 3.87. The smallest absolute Gasteiger partial charge is 0.161 e. The zero-order valence-corrected chi connectivity index (χ0v) is 13.4. The van der Waals surface area contributed by atoms with E-state index in [-0.39, 0.29) is 0 Å². The van der Waals surface area contributed by atoms with Crippen LogP contribution < -0.4 is 5.32 Å². The van der Waals surface area contributed by atoms with Crippen LogP contribution in [0.25, 0.3) is 22.2 Å². The second-order valence-corrected chi connectivity index (χ2v) is 5.73. The lowest BCUT2D eigenvalue weighted by atomic mass is 10.1. The Bertz CT molecular complexity index is 771. The van der Waals surface area contributed by atoms with Gasteiger partial charge in [-0.3, -0.25) is 0 Å². The summed E-state index contributed by atoms with van der Waals surface area (Å²) in [4.78, 5) is 9.04. The summed E-state index contributed by atoms with van der Waals surface area (Å²) >= 11 is 3.49. The summed E-state index contributed by atoms with van der Waals surface area (Å²) < 4.78 is 0.889. The quantitative estimate of drug-likeness (QED) is 0.734. The predicted molar refractivity (Wildman–Crippen MR) is 91.5 cm³/mol. The first-order valence-electron chi connectivity index (χ1n) is 7.03. The van der Waals surface area contributed by atoms with Gasteiger partial charge in [-0.2, -0.15) is 0 Å². The van der Waals surface area contributed by atoms with Gasteiger partial charge in [0.05, 0.1) is 4.47 Å². The molecule has 0 aliphatic carbocycles. The molecule has 0 bridgehead atoms. The van der Waals surface area contributed by atoms with Crippen molar-refractivity contribution in [2.24, 2.45) is 0 Å². The van der Waals surface area contributed by atoms with Crippen molar-refractivity contribution in [1.29, 1.82) is 0 Å². The molecule has 0 spiro atoms. The Kier molecular flexibility index (Phi) is 4.15. The molecule has 106 valence electrons. The molecule has 3 nitrogen and oxygen atoms in total. The van der Waals surface area contributed by atoms with Crippen LogP contribution in [0.2, 0.25) is 0 Å². The van der Waals surface area contributed by atoms with Crippen molar-refractivity contribution in [2.75, 3.05) is 11.9 Å². The van der Waals surface area contributed by atoms with Gasteiger partial charge in [-0.25, -0.2) is 9.97 Å². The maximum Gasteiger partial charge on any atom is 0.161 e. The molecule has 0 radical (unpaired) electrons. The lowest BCUT2D eigenvalue weighted by Crippen LogP contribution is -2.04. The zero-order chi connectivity index (χ0) is 14.7. The van der Waals surface area contributed by atoms with Crippen LogP contribution in [-0.2, 0) is 0 Å². The van der Waals surface area contributed by atoms with Crippen molar-refractivity contribution in [2.45, 2.75) is 13.3 Å². The maximum atomic E-state index is 4.62. The second-order valence-electron chi connectivity index (χ2n) is 4.88. The molecule has 0 saturated heterocycles. The summed E-state index contributed by atoms with van der Waals surface area (Å²) in [5, 5.41) is 5.74. The number of fused-ring (bicyclic) bond motifs is 1. The molecule has 1 heterocycles. The Labute approximate surface area is 132 Å². The molecule has 1 aromatic heterocycles. The number of nitrogens with zero attached hydrogens (tertiary/aromatic N) is 2. The summed E-state index contributed by atoms with van der Waals surface area (Å²) in [5.74, 6) is 1.58. The SMILES string of the molecule is CCCNc1nc(-c2ccc3ccccc3c2)ncc1Br. The summed E-state index contributed by atoms with van der Waals surface area (Å²) in [6, 6.07) is 14.6. The third-order valence-electron chi connectivity index (χ3n) is 3.29. The molecule has 0 saturated carbocycles. The number of hydrogen-bond acceptors (Lipinski definition) is 3. The Morgan fingerprint density at radius 1 is 1.10 bits per heavy atom. The first kappa shape index (κ1) is 14.0. The van der Waals surface area contributed by atoms with E-state index in [0.717, 1.165) is 34.6 Å². The third kappa shape index (κ3) is 3.05. The van der Waals surface area contributed by atoms with Crippen molar-refractivity contribution in [3.8, 4) is 11.4 Å². The average molecular weight is 342 g/mol. The van der Waals surface area contributed by atoms with E-state index in [0.29, 0.717) is 0 Å². The molecule has 0 aliphatic heterocycles. The van der Waals surface area contributed by atoms with Crippen molar-refractivity contribution in [3.63, 3.8) is 0 Å². The maximum absolute atomic E-state index is 4.62. The standard InChI is InChI=1S/C17H16BrN3/c1-2-9-19-17-15(18)11-20-16(21-17)14-8-7-12-5-3-4-6-13(12)10-14/h3-8,10-11H,2,9H2,1H3,(H,19,20,21). The molecular weight excluding hydrogens is 326 g/mol. The highest BCUT2D eigenvalue weighted by Gasteiger charge is 2.07. The van der Waals surface area contributed by atoms with Crippen LogP contribution >= 0.6 is 15.9 Å². The summed E-state index contributed by atoms with van der Waals surface area (Å²) in [5.41, 5.74) is 1.03. The summed E-state index contributed by atoms with van der Waals surface area (Å²) in [6.07, 6.45) is 2.86. The highest BCUT2D eigenvalue weighted by Crippen LogP contribution is 2.25. The Hall–Kier alpha value is -1.94. The minimum atomic E-state index is 0.738. The molecule has 0 aliphatic rings. The lowest BCUT2D eigenvalue weighted by Gasteiger charge is -2.08. The van der Waals surface area contributed by atoms with Crippen LogP contribution in [0.15, 0.2) is 53.1 Å². The fraction of sp³-hybridized carbons (Fsp3) is 0.176. The number of rotatable bonds is 4. The fourth-order valence-electron chi connectivity index (χ4n) is 2.20. The first-order valence-corrected chi connectivity index (χ1v) is 7.83. The van der Waals surface area contributed by atoms with Crippen LogP contribution in [0.3, 0.4) is 0 Å². The second kappa shape index (κ2) is 6.22. The number of benzene rings is 2. The van der Waals surface area contributed by atoms with E-state index in [1.54, 1.807) is 6.20 Å². The minimum Gasteiger partial charge on any atom is -0.369 e. The molecule has 3 aromatic rings. The normalized spacial score (nSPS) is 10.8. The topological polar surface area (TPSA) is 37.8 Å². The van der Waals surface area contributed by atoms with Gasteiger partial charge >= 0.3 is 0 Å². The van der Waals surface area contributed by atoms with E-state index in [4.69, 9.17) is 0 Å². The average Bonchev–Trinajstić information content (AvgIpc) is 2.53. The van der Waals surface area contributed by atoms with Crippen LogP contribution in [0.5, 0.6) is 0 Å². The molecular formula is C17H16BrN3. The van der Waals surface area contributed by atoms with Gasteiger partial charge in [0.1, 0.15) is 5.82 Å². The Balaban J connectivity index is 2.01. The van der Waals surface area contributed by atoms with Gasteiger partial charge in [-0.1, -0.05) is 43.3 Å². The van der Waals surface area contributed by atoms with Gasteiger partial charge < -0.3 is 5.32 Å². The zero-order valence-electron chi connectivity index (χ0n) is 11.8. The van der Waals surface area contributed by atoms with Crippen LogP contribution in [0, 0.1) is 0 Å². The van der Waals surface area contributed by atoms with E-state index in [2.05, 4.69) is 68.5 Å². The molecule has 0 atom stereocenters. The highest BCUT2D eigenvalue weighted by molar-refractivity contribution is 9.10. The van der Waals surface area contributed by atoms with E-state index in [1.807, 2.05) is 12.1 Å². The van der Waals surface area contributed by atoms with Crippen molar-refractivity contribution in [1.82, 2.24) is 9.97 Å². The summed E-state index contributed by atoms with van der Waals surface area (Å²) in [7, 11) is 0. The predicted octanol–water partition coefficient (Wildman–Crippen LogP) is 4.88. The molecule has 21 heavy (non-hydrogen) atoms. The van der Waals surface area contributed by atoms with E-state index in [9.17, 15) is 0 Å².